The Hall–Kier alpha value is -2.36. The highest BCUT2D eigenvalue weighted by Gasteiger charge is 2.72. The average Bonchev–Trinajstić information content (AvgIpc) is 3.06. The summed E-state index contributed by atoms with van der Waals surface area (Å²) in [7, 11) is 0. The highest BCUT2D eigenvalue weighted by molar-refractivity contribution is 5.88. The van der Waals surface area contributed by atoms with Gasteiger partial charge in [-0.2, -0.15) is 5.26 Å². The molecule has 5 atom stereocenters. The minimum atomic E-state index is -1.06. The molecule has 7 heteroatoms. The molecule has 3 rings (SSSR count). The van der Waals surface area contributed by atoms with Gasteiger partial charge in [0.05, 0.1) is 6.07 Å². The first-order valence-corrected chi connectivity index (χ1v) is 7.03. The Morgan fingerprint density at radius 1 is 1.55 bits per heavy atom. The molecule has 2 aliphatic carbocycles. The largest absolute Gasteiger partial charge is 0.457 e. The maximum Gasteiger partial charge on any atom is 0.344 e. The molecule has 3 aliphatic rings. The number of nitriles is 1. The highest BCUT2D eigenvalue weighted by atomic mass is 16.6. The fourth-order valence-corrected chi connectivity index (χ4v) is 3.72. The van der Waals surface area contributed by atoms with Gasteiger partial charge in [-0.1, -0.05) is 6.58 Å². The van der Waals surface area contributed by atoms with Gasteiger partial charge in [-0.05, 0) is 19.8 Å². The molecule has 0 aromatic rings. The Labute approximate surface area is 126 Å². The van der Waals surface area contributed by atoms with Crippen LogP contribution in [0.15, 0.2) is 12.2 Å². The van der Waals surface area contributed by atoms with Gasteiger partial charge >= 0.3 is 17.9 Å². The Morgan fingerprint density at radius 2 is 2.27 bits per heavy atom. The molecule has 3 fully saturated rings. The van der Waals surface area contributed by atoms with Crippen molar-refractivity contribution >= 4 is 17.9 Å². The van der Waals surface area contributed by atoms with E-state index in [0.29, 0.717) is 12.8 Å². The zero-order chi connectivity index (χ0) is 16.1. The van der Waals surface area contributed by atoms with Crippen molar-refractivity contribution in [3.05, 3.63) is 12.2 Å². The monoisotopic (exact) mass is 305 g/mol. The third kappa shape index (κ3) is 1.90. The molecular formula is C15H15NO6. The van der Waals surface area contributed by atoms with Crippen molar-refractivity contribution in [1.82, 2.24) is 0 Å². The third-order valence-corrected chi connectivity index (χ3v) is 4.70. The van der Waals surface area contributed by atoms with Crippen molar-refractivity contribution in [3.63, 3.8) is 0 Å². The van der Waals surface area contributed by atoms with E-state index in [1.807, 2.05) is 0 Å². The van der Waals surface area contributed by atoms with E-state index in [-0.39, 0.29) is 17.4 Å². The highest BCUT2D eigenvalue weighted by Crippen LogP contribution is 2.62. The summed E-state index contributed by atoms with van der Waals surface area (Å²) < 4.78 is 15.3. The summed E-state index contributed by atoms with van der Waals surface area (Å²) in [5, 5.41) is 9.28. The molecule has 0 radical (unpaired) electrons. The van der Waals surface area contributed by atoms with Crippen LogP contribution in [0, 0.1) is 28.6 Å². The molecule has 22 heavy (non-hydrogen) atoms. The molecule has 1 heterocycles. The lowest BCUT2D eigenvalue weighted by molar-refractivity contribution is -0.168. The van der Waals surface area contributed by atoms with Crippen LogP contribution in [-0.2, 0) is 28.6 Å². The van der Waals surface area contributed by atoms with Gasteiger partial charge < -0.3 is 14.2 Å². The van der Waals surface area contributed by atoms with E-state index in [1.165, 1.54) is 6.92 Å². The molecule has 4 unspecified atom stereocenters. The van der Waals surface area contributed by atoms with Crippen molar-refractivity contribution in [2.24, 2.45) is 17.3 Å². The molecule has 1 saturated heterocycles. The van der Waals surface area contributed by atoms with Crippen molar-refractivity contribution < 1.29 is 28.6 Å². The van der Waals surface area contributed by atoms with Gasteiger partial charge in [0.1, 0.15) is 12.2 Å². The van der Waals surface area contributed by atoms with Crippen LogP contribution in [0.25, 0.3) is 0 Å². The number of esters is 3. The number of ether oxygens (including phenoxy) is 3. The van der Waals surface area contributed by atoms with E-state index in [9.17, 15) is 19.6 Å². The number of rotatable bonds is 4. The molecule has 2 bridgehead atoms. The first-order chi connectivity index (χ1) is 10.4. The van der Waals surface area contributed by atoms with Gasteiger partial charge in [0.25, 0.3) is 0 Å². The first kappa shape index (κ1) is 14.6. The van der Waals surface area contributed by atoms with E-state index >= 15 is 0 Å². The fraction of sp³-hybridized carbons (Fsp3) is 0.600. The predicted octanol–water partition coefficient (Wildman–Crippen LogP) is 0.493. The smallest absolute Gasteiger partial charge is 0.344 e. The lowest BCUT2D eigenvalue weighted by Gasteiger charge is -2.27. The van der Waals surface area contributed by atoms with Gasteiger partial charge in [-0.3, -0.25) is 4.79 Å². The number of hydrogen-bond acceptors (Lipinski definition) is 7. The first-order valence-electron chi connectivity index (χ1n) is 7.03. The Balaban J connectivity index is 1.61. The molecule has 0 amide bonds. The summed E-state index contributed by atoms with van der Waals surface area (Å²) in [6.07, 6.45) is -0.138. The average molecular weight is 305 g/mol. The second-order valence-electron chi connectivity index (χ2n) is 6.07. The van der Waals surface area contributed by atoms with Gasteiger partial charge in [-0.15, -0.1) is 0 Å². The molecule has 0 aromatic carbocycles. The van der Waals surface area contributed by atoms with E-state index < -0.39 is 42.1 Å². The van der Waals surface area contributed by atoms with E-state index in [4.69, 9.17) is 14.2 Å². The Morgan fingerprint density at radius 3 is 2.91 bits per heavy atom. The number of hydrogen-bond donors (Lipinski definition) is 0. The van der Waals surface area contributed by atoms with E-state index in [2.05, 4.69) is 12.6 Å². The lowest BCUT2D eigenvalue weighted by atomic mass is 9.75. The minimum absolute atomic E-state index is 0.0677. The zero-order valence-corrected chi connectivity index (χ0v) is 12.0. The minimum Gasteiger partial charge on any atom is -0.457 e. The fourth-order valence-electron chi connectivity index (χ4n) is 3.72. The van der Waals surface area contributed by atoms with Gasteiger partial charge in [0, 0.05) is 17.4 Å². The number of nitrogens with zero attached hydrogens (tertiary/aromatic N) is 1. The van der Waals surface area contributed by atoms with Gasteiger partial charge in [-0.25, -0.2) is 9.59 Å². The number of carbonyl (C=O) groups excluding carboxylic acids is 3. The molecule has 116 valence electrons. The topological polar surface area (TPSA) is 103 Å². The molecule has 0 N–H and O–H groups in total. The standard InChI is InChI=1S/C15H15NO6/c1-7(2)13(18)20-5-10(17)21-11-8-3-9-12(11)22-14(19)15(9,4-8)6-16/h8-9,11-12H,1,3-5H2,2H3/t8-,9?,11?,12?,15?/m0/s1. The number of fused-ring (bicyclic) bond motifs is 1. The van der Waals surface area contributed by atoms with Crippen molar-refractivity contribution in [2.75, 3.05) is 6.61 Å². The van der Waals surface area contributed by atoms with Crippen LogP contribution in [0.2, 0.25) is 0 Å². The Kier molecular flexibility index (Phi) is 3.20. The predicted molar refractivity (Wildman–Crippen MR) is 69.8 cm³/mol. The van der Waals surface area contributed by atoms with Crippen LogP contribution >= 0.6 is 0 Å². The quantitative estimate of drug-likeness (QED) is 0.423. The van der Waals surface area contributed by atoms with Crippen molar-refractivity contribution in [1.29, 1.82) is 5.26 Å². The summed E-state index contributed by atoms with van der Waals surface area (Å²) in [6.45, 7) is 4.37. The molecule has 7 nitrogen and oxygen atoms in total. The van der Waals surface area contributed by atoms with E-state index in [0.717, 1.165) is 0 Å². The maximum absolute atomic E-state index is 11.9. The lowest BCUT2D eigenvalue weighted by Crippen LogP contribution is -2.40. The summed E-state index contributed by atoms with van der Waals surface area (Å²) >= 11 is 0. The molecule has 1 aliphatic heterocycles. The molecular weight excluding hydrogens is 290 g/mol. The van der Waals surface area contributed by atoms with Crippen LogP contribution in [0.3, 0.4) is 0 Å². The van der Waals surface area contributed by atoms with Crippen molar-refractivity contribution in [2.45, 2.75) is 32.0 Å². The SMILES string of the molecule is C=C(C)C(=O)OCC(=O)OC1C2OC(=O)C3(C#N)C[C@@H]1CC23. The third-order valence-electron chi connectivity index (χ3n) is 4.70. The number of carbonyl (C=O) groups is 3. The van der Waals surface area contributed by atoms with Gasteiger partial charge in [0.15, 0.2) is 12.0 Å². The van der Waals surface area contributed by atoms with Crippen LogP contribution in [0.1, 0.15) is 19.8 Å². The maximum atomic E-state index is 11.9. The van der Waals surface area contributed by atoms with Crippen LogP contribution in [-0.4, -0.2) is 36.7 Å². The van der Waals surface area contributed by atoms with Crippen molar-refractivity contribution in [3.8, 4) is 6.07 Å². The Bertz CT molecular complexity index is 620. The normalized spacial score (nSPS) is 37.4. The molecule has 2 saturated carbocycles. The summed E-state index contributed by atoms with van der Waals surface area (Å²) in [6, 6.07) is 2.08. The van der Waals surface area contributed by atoms with Crippen LogP contribution in [0.4, 0.5) is 0 Å². The molecule has 0 spiro atoms. The van der Waals surface area contributed by atoms with Crippen LogP contribution in [0.5, 0.6) is 0 Å². The summed E-state index contributed by atoms with van der Waals surface area (Å²) in [5.41, 5.74) is -0.874. The second kappa shape index (κ2) is 4.83. The second-order valence-corrected chi connectivity index (χ2v) is 6.07. The molecule has 0 aromatic heterocycles. The zero-order valence-electron chi connectivity index (χ0n) is 12.0. The van der Waals surface area contributed by atoms with E-state index in [1.54, 1.807) is 0 Å². The summed E-state index contributed by atoms with van der Waals surface area (Å²) in [5.74, 6) is -2.16. The summed E-state index contributed by atoms with van der Waals surface area (Å²) in [4.78, 5) is 34.9. The van der Waals surface area contributed by atoms with Gasteiger partial charge in [0.2, 0.25) is 0 Å². The van der Waals surface area contributed by atoms with Crippen LogP contribution < -0.4 is 0 Å².